The van der Waals surface area contributed by atoms with Crippen LogP contribution in [0.5, 0.6) is 0 Å². The van der Waals surface area contributed by atoms with Gasteiger partial charge in [-0.2, -0.15) is 10.2 Å². The van der Waals surface area contributed by atoms with E-state index in [-0.39, 0.29) is 12.5 Å². The number of hydrogen-bond donors (Lipinski definition) is 2. The first-order valence-electron chi connectivity index (χ1n) is 7.46. The molecule has 4 rings (SSSR count). The molecule has 0 aliphatic carbocycles. The largest absolute Gasteiger partial charge is 0.309 e. The maximum Gasteiger partial charge on any atom is 0.247 e. The van der Waals surface area contributed by atoms with Gasteiger partial charge in [-0.3, -0.25) is 19.6 Å². The minimum atomic E-state index is -0.191. The van der Waals surface area contributed by atoms with Crippen LogP contribution in [-0.2, 0) is 11.3 Å². The van der Waals surface area contributed by atoms with Gasteiger partial charge in [0.2, 0.25) is 5.91 Å². The Kier molecular flexibility index (Phi) is 3.51. The van der Waals surface area contributed by atoms with Crippen LogP contribution in [-0.4, -0.2) is 30.9 Å². The number of carbonyl (C=O) groups excluding carboxylic acids is 1. The fraction of sp³-hybridized carbons (Fsp3) is 0.0588. The van der Waals surface area contributed by atoms with Gasteiger partial charge in [-0.05, 0) is 18.2 Å². The zero-order chi connectivity index (χ0) is 16.4. The highest BCUT2D eigenvalue weighted by molar-refractivity contribution is 5.93. The summed E-state index contributed by atoms with van der Waals surface area (Å²) in [7, 11) is 0. The molecule has 1 aromatic carbocycles. The fourth-order valence-corrected chi connectivity index (χ4v) is 2.52. The monoisotopic (exact) mass is 318 g/mol. The first kappa shape index (κ1) is 14.1. The molecule has 118 valence electrons. The van der Waals surface area contributed by atoms with Crippen molar-refractivity contribution >= 4 is 22.6 Å². The Morgan fingerprint density at radius 2 is 2.04 bits per heavy atom. The van der Waals surface area contributed by atoms with Crippen LogP contribution in [0.2, 0.25) is 0 Å². The summed E-state index contributed by atoms with van der Waals surface area (Å²) < 4.78 is 1.62. The van der Waals surface area contributed by atoms with E-state index in [0.29, 0.717) is 5.82 Å². The Balaban J connectivity index is 1.52. The average Bonchev–Trinajstić information content (AvgIpc) is 3.21. The van der Waals surface area contributed by atoms with Crippen molar-refractivity contribution in [3.05, 3.63) is 61.1 Å². The molecule has 3 heterocycles. The van der Waals surface area contributed by atoms with Crippen molar-refractivity contribution in [3.63, 3.8) is 0 Å². The van der Waals surface area contributed by atoms with Crippen molar-refractivity contribution in [1.29, 1.82) is 0 Å². The van der Waals surface area contributed by atoms with Crippen LogP contribution < -0.4 is 5.32 Å². The van der Waals surface area contributed by atoms with Crippen LogP contribution in [0.4, 0.5) is 5.82 Å². The quantitative estimate of drug-likeness (QED) is 0.605. The lowest BCUT2D eigenvalue weighted by Crippen LogP contribution is -2.19. The number of H-pyrrole nitrogens is 1. The third kappa shape index (κ3) is 2.74. The second-order valence-electron chi connectivity index (χ2n) is 5.31. The second-order valence-corrected chi connectivity index (χ2v) is 5.31. The molecule has 0 aliphatic heterocycles. The molecule has 24 heavy (non-hydrogen) atoms. The van der Waals surface area contributed by atoms with E-state index in [9.17, 15) is 4.79 Å². The highest BCUT2D eigenvalue weighted by Gasteiger charge is 2.12. The maximum absolute atomic E-state index is 12.3. The van der Waals surface area contributed by atoms with Crippen molar-refractivity contribution in [2.75, 3.05) is 5.32 Å². The predicted octanol–water partition coefficient (Wildman–Crippen LogP) is 2.46. The molecule has 0 radical (unpaired) electrons. The summed E-state index contributed by atoms with van der Waals surface area (Å²) in [6, 6.07) is 13.3. The molecule has 0 aliphatic rings. The van der Waals surface area contributed by atoms with Gasteiger partial charge in [0.1, 0.15) is 12.4 Å². The van der Waals surface area contributed by atoms with Crippen molar-refractivity contribution in [2.24, 2.45) is 0 Å². The number of nitrogens with one attached hydrogen (secondary N) is 2. The molecule has 0 atom stereocenters. The van der Waals surface area contributed by atoms with Gasteiger partial charge in [0.25, 0.3) is 0 Å². The molecule has 7 heteroatoms. The molecule has 4 aromatic rings. The van der Waals surface area contributed by atoms with E-state index < -0.39 is 0 Å². The molecular weight excluding hydrogens is 304 g/mol. The Labute approximate surface area is 137 Å². The maximum atomic E-state index is 12.3. The molecule has 3 aromatic heterocycles. The number of fused-ring (bicyclic) bond motifs is 1. The second kappa shape index (κ2) is 5.96. The molecule has 0 bridgehead atoms. The first-order valence-corrected chi connectivity index (χ1v) is 7.46. The molecule has 0 saturated carbocycles. The van der Waals surface area contributed by atoms with Gasteiger partial charge < -0.3 is 5.32 Å². The SMILES string of the molecule is O=C(Cn1cc2ccccc2n1)Nc1[nH]ncc1-c1ccccn1. The van der Waals surface area contributed by atoms with Crippen LogP contribution in [0.1, 0.15) is 0 Å². The molecule has 1 amide bonds. The van der Waals surface area contributed by atoms with E-state index in [1.165, 1.54) is 0 Å². The molecule has 0 unspecified atom stereocenters. The summed E-state index contributed by atoms with van der Waals surface area (Å²) in [5.41, 5.74) is 2.35. The van der Waals surface area contributed by atoms with Crippen LogP contribution in [0, 0.1) is 0 Å². The summed E-state index contributed by atoms with van der Waals surface area (Å²) in [5.74, 6) is 0.333. The van der Waals surface area contributed by atoms with E-state index in [0.717, 1.165) is 22.2 Å². The number of carbonyl (C=O) groups is 1. The highest BCUT2D eigenvalue weighted by Crippen LogP contribution is 2.23. The van der Waals surface area contributed by atoms with Gasteiger partial charge in [0, 0.05) is 17.8 Å². The first-order chi connectivity index (χ1) is 11.8. The molecule has 7 nitrogen and oxygen atoms in total. The normalized spacial score (nSPS) is 10.8. The van der Waals surface area contributed by atoms with Crippen LogP contribution >= 0.6 is 0 Å². The lowest BCUT2D eigenvalue weighted by Gasteiger charge is -2.05. The van der Waals surface area contributed by atoms with E-state index in [1.807, 2.05) is 48.7 Å². The Bertz CT molecular complexity index is 955. The summed E-state index contributed by atoms with van der Waals surface area (Å²) in [4.78, 5) is 16.6. The molecule has 0 fully saturated rings. The lowest BCUT2D eigenvalue weighted by molar-refractivity contribution is -0.116. The number of nitrogens with zero attached hydrogens (tertiary/aromatic N) is 4. The summed E-state index contributed by atoms with van der Waals surface area (Å²) >= 11 is 0. The number of aromatic nitrogens is 5. The van der Waals surface area contributed by atoms with Gasteiger partial charge in [-0.25, -0.2) is 0 Å². The van der Waals surface area contributed by atoms with Gasteiger partial charge >= 0.3 is 0 Å². The van der Waals surface area contributed by atoms with E-state index >= 15 is 0 Å². The van der Waals surface area contributed by atoms with E-state index in [1.54, 1.807) is 17.1 Å². The van der Waals surface area contributed by atoms with E-state index in [2.05, 4.69) is 25.6 Å². The highest BCUT2D eigenvalue weighted by atomic mass is 16.2. The third-order valence-electron chi connectivity index (χ3n) is 3.61. The Hall–Kier alpha value is -3.48. The van der Waals surface area contributed by atoms with Crippen molar-refractivity contribution in [3.8, 4) is 11.3 Å². The number of hydrogen-bond acceptors (Lipinski definition) is 4. The molecular formula is C17H14N6O. The Morgan fingerprint density at radius 1 is 1.17 bits per heavy atom. The number of amides is 1. The number of rotatable bonds is 4. The summed E-state index contributed by atoms with van der Waals surface area (Å²) in [5, 5.41) is 15.0. The number of benzene rings is 1. The van der Waals surface area contributed by atoms with Crippen LogP contribution in [0.3, 0.4) is 0 Å². The van der Waals surface area contributed by atoms with Crippen LogP contribution in [0.25, 0.3) is 22.2 Å². The van der Waals surface area contributed by atoms with Gasteiger partial charge in [-0.15, -0.1) is 0 Å². The number of pyridine rings is 1. The fourth-order valence-electron chi connectivity index (χ4n) is 2.52. The smallest absolute Gasteiger partial charge is 0.247 e. The average molecular weight is 318 g/mol. The zero-order valence-electron chi connectivity index (χ0n) is 12.7. The van der Waals surface area contributed by atoms with Gasteiger partial charge in [-0.1, -0.05) is 24.3 Å². The molecule has 2 N–H and O–H groups in total. The zero-order valence-corrected chi connectivity index (χ0v) is 12.7. The number of aromatic amines is 1. The van der Waals surface area contributed by atoms with Crippen molar-refractivity contribution < 1.29 is 4.79 Å². The van der Waals surface area contributed by atoms with Gasteiger partial charge in [0.15, 0.2) is 0 Å². The minimum absolute atomic E-state index is 0.120. The Morgan fingerprint density at radius 3 is 2.88 bits per heavy atom. The van der Waals surface area contributed by atoms with Crippen LogP contribution in [0.15, 0.2) is 61.1 Å². The standard InChI is InChI=1S/C17H14N6O/c24-16(11-23-10-12-5-1-2-6-14(12)22-23)20-17-13(9-19-21-17)15-7-3-4-8-18-15/h1-10H,11H2,(H2,19,20,21,24). The topological polar surface area (TPSA) is 88.5 Å². The molecule has 0 spiro atoms. The predicted molar refractivity (Wildman–Crippen MR) is 90.2 cm³/mol. The van der Waals surface area contributed by atoms with E-state index in [4.69, 9.17) is 0 Å². The third-order valence-corrected chi connectivity index (χ3v) is 3.61. The summed E-state index contributed by atoms with van der Waals surface area (Å²) in [6.07, 6.45) is 5.19. The molecule has 0 saturated heterocycles. The number of anilines is 1. The lowest BCUT2D eigenvalue weighted by atomic mass is 10.2. The van der Waals surface area contributed by atoms with Gasteiger partial charge in [0.05, 0.1) is 23.0 Å². The van der Waals surface area contributed by atoms with Crippen molar-refractivity contribution in [2.45, 2.75) is 6.54 Å². The van der Waals surface area contributed by atoms with Crippen molar-refractivity contribution in [1.82, 2.24) is 25.0 Å². The minimum Gasteiger partial charge on any atom is -0.309 e. The summed E-state index contributed by atoms with van der Waals surface area (Å²) in [6.45, 7) is 0.120.